The molecule has 0 spiro atoms. The predicted octanol–water partition coefficient (Wildman–Crippen LogP) is 3.57. The number of hydrogen-bond donors (Lipinski definition) is 1. The summed E-state index contributed by atoms with van der Waals surface area (Å²) in [6, 6.07) is 8.79. The lowest BCUT2D eigenvalue weighted by molar-refractivity contribution is 0.0536. The maximum Gasteiger partial charge on any atom is 0.166 e. The van der Waals surface area contributed by atoms with Gasteiger partial charge >= 0.3 is 0 Å². The van der Waals surface area contributed by atoms with Gasteiger partial charge in [-0.15, -0.1) is 0 Å². The maximum atomic E-state index is 6.08. The van der Waals surface area contributed by atoms with E-state index in [4.69, 9.17) is 10.5 Å². The zero-order valence-electron chi connectivity index (χ0n) is 17.5. The summed E-state index contributed by atoms with van der Waals surface area (Å²) in [4.78, 5) is 14.1. The van der Waals surface area contributed by atoms with Crippen molar-refractivity contribution < 1.29 is 4.74 Å². The summed E-state index contributed by atoms with van der Waals surface area (Å²) in [6.07, 6.45) is 9.26. The molecule has 0 unspecified atom stereocenters. The molecule has 29 heavy (non-hydrogen) atoms. The number of rotatable bonds is 6. The van der Waals surface area contributed by atoms with Crippen LogP contribution in [0.4, 0.5) is 5.82 Å². The lowest BCUT2D eigenvalue weighted by atomic mass is 10.0. The number of aromatic nitrogens is 2. The third-order valence-electron chi connectivity index (χ3n) is 6.21. The molecule has 2 N–H and O–H groups in total. The number of hydrogen-bond acceptors (Lipinski definition) is 6. The van der Waals surface area contributed by atoms with E-state index in [2.05, 4.69) is 26.7 Å². The quantitative estimate of drug-likeness (QED) is 0.806. The highest BCUT2D eigenvalue weighted by molar-refractivity contribution is 5.64. The lowest BCUT2D eigenvalue weighted by Gasteiger charge is -2.40. The van der Waals surface area contributed by atoms with E-state index in [0.29, 0.717) is 18.3 Å². The van der Waals surface area contributed by atoms with E-state index in [9.17, 15) is 0 Å². The summed E-state index contributed by atoms with van der Waals surface area (Å²) in [7, 11) is 0. The van der Waals surface area contributed by atoms with E-state index < -0.39 is 0 Å². The van der Waals surface area contributed by atoms with Crippen molar-refractivity contribution in [2.75, 3.05) is 38.6 Å². The van der Waals surface area contributed by atoms with Gasteiger partial charge in [0.1, 0.15) is 6.73 Å². The summed E-state index contributed by atoms with van der Waals surface area (Å²) in [5.74, 6) is 1.08. The Kier molecular flexibility index (Phi) is 6.62. The van der Waals surface area contributed by atoms with Gasteiger partial charge in [-0.25, -0.2) is 4.98 Å². The standard InChI is InChI=1S/C23H33N5O/c1-2-19-7-6-8-21(26-19)18-15-22(23(24)25-16-18)29-17-27-13-9-20(10-14-27)28-11-4-3-5-12-28/h6-8,15-16,20H,2-5,9-14,17H2,1H3,(H2,24,25). The van der Waals surface area contributed by atoms with Crippen LogP contribution in [-0.2, 0) is 6.42 Å². The SMILES string of the molecule is CCc1cccc(-c2cnc(N)c(OCN3CCC(N4CCCCC4)CC3)c2)n1. The molecule has 4 rings (SSSR count). The normalized spacial score (nSPS) is 19.3. The molecule has 2 saturated heterocycles. The Morgan fingerprint density at radius 3 is 2.66 bits per heavy atom. The van der Waals surface area contributed by atoms with Gasteiger partial charge in [-0.3, -0.25) is 9.88 Å². The molecular weight excluding hydrogens is 362 g/mol. The van der Waals surface area contributed by atoms with Crippen molar-refractivity contribution in [1.29, 1.82) is 0 Å². The number of likely N-dealkylation sites (tertiary alicyclic amines) is 2. The van der Waals surface area contributed by atoms with Crippen LogP contribution in [0, 0.1) is 0 Å². The number of nitrogen functional groups attached to an aromatic ring is 1. The Morgan fingerprint density at radius 1 is 1.10 bits per heavy atom. The first-order chi connectivity index (χ1) is 14.2. The number of nitrogens with two attached hydrogens (primary N) is 1. The molecule has 0 aromatic carbocycles. The molecule has 2 aliphatic heterocycles. The fourth-order valence-corrected chi connectivity index (χ4v) is 4.41. The zero-order valence-corrected chi connectivity index (χ0v) is 17.5. The average Bonchev–Trinajstić information content (AvgIpc) is 2.79. The van der Waals surface area contributed by atoms with Crippen molar-refractivity contribution in [3.05, 3.63) is 36.2 Å². The average molecular weight is 396 g/mol. The molecule has 0 amide bonds. The van der Waals surface area contributed by atoms with E-state index in [1.54, 1.807) is 6.20 Å². The third-order valence-corrected chi connectivity index (χ3v) is 6.21. The summed E-state index contributed by atoms with van der Waals surface area (Å²) in [6.45, 7) is 7.39. The summed E-state index contributed by atoms with van der Waals surface area (Å²) in [5, 5.41) is 0. The van der Waals surface area contributed by atoms with Crippen LogP contribution in [0.3, 0.4) is 0 Å². The first-order valence-electron chi connectivity index (χ1n) is 11.0. The number of nitrogens with zero attached hydrogens (tertiary/aromatic N) is 4. The number of aryl methyl sites for hydroxylation is 1. The van der Waals surface area contributed by atoms with Gasteiger partial charge in [0.05, 0.1) is 5.69 Å². The van der Waals surface area contributed by atoms with Gasteiger partial charge in [0.25, 0.3) is 0 Å². The number of pyridine rings is 2. The second-order valence-electron chi connectivity index (χ2n) is 8.19. The molecule has 2 aromatic rings. The predicted molar refractivity (Wildman–Crippen MR) is 117 cm³/mol. The Hall–Kier alpha value is -2.18. The molecule has 0 radical (unpaired) electrons. The number of anilines is 1. The van der Waals surface area contributed by atoms with E-state index in [0.717, 1.165) is 42.5 Å². The second-order valence-corrected chi connectivity index (χ2v) is 8.19. The van der Waals surface area contributed by atoms with Crippen LogP contribution < -0.4 is 10.5 Å². The van der Waals surface area contributed by atoms with Crippen LogP contribution in [0.2, 0.25) is 0 Å². The molecule has 6 nitrogen and oxygen atoms in total. The molecule has 156 valence electrons. The highest BCUT2D eigenvalue weighted by Crippen LogP contribution is 2.27. The highest BCUT2D eigenvalue weighted by Gasteiger charge is 2.25. The minimum Gasteiger partial charge on any atom is -0.474 e. The number of piperidine rings is 2. The summed E-state index contributed by atoms with van der Waals surface area (Å²) < 4.78 is 6.07. The van der Waals surface area contributed by atoms with Crippen molar-refractivity contribution in [3.8, 4) is 17.0 Å². The molecule has 2 aromatic heterocycles. The first-order valence-corrected chi connectivity index (χ1v) is 11.0. The van der Waals surface area contributed by atoms with Crippen molar-refractivity contribution in [2.45, 2.75) is 51.5 Å². The fourth-order valence-electron chi connectivity index (χ4n) is 4.41. The minimum atomic E-state index is 0.434. The third kappa shape index (κ3) is 5.06. The Balaban J connectivity index is 1.34. The van der Waals surface area contributed by atoms with Crippen LogP contribution in [-0.4, -0.2) is 58.7 Å². The van der Waals surface area contributed by atoms with E-state index >= 15 is 0 Å². The maximum absolute atomic E-state index is 6.08. The molecule has 0 saturated carbocycles. The van der Waals surface area contributed by atoms with Gasteiger partial charge in [-0.05, 0) is 63.4 Å². The van der Waals surface area contributed by atoms with Gasteiger partial charge in [0.15, 0.2) is 11.6 Å². The smallest absolute Gasteiger partial charge is 0.166 e. The van der Waals surface area contributed by atoms with Crippen LogP contribution in [0.15, 0.2) is 30.5 Å². The van der Waals surface area contributed by atoms with Crippen molar-refractivity contribution in [3.63, 3.8) is 0 Å². The van der Waals surface area contributed by atoms with E-state index in [1.807, 2.05) is 24.3 Å². The topological polar surface area (TPSA) is 67.5 Å². The summed E-state index contributed by atoms with van der Waals surface area (Å²) >= 11 is 0. The van der Waals surface area contributed by atoms with Gasteiger partial charge in [-0.1, -0.05) is 19.4 Å². The molecular formula is C23H33N5O. The fraction of sp³-hybridized carbons (Fsp3) is 0.565. The Labute approximate surface area is 174 Å². The monoisotopic (exact) mass is 395 g/mol. The van der Waals surface area contributed by atoms with Gasteiger partial charge in [0.2, 0.25) is 0 Å². The molecule has 4 heterocycles. The van der Waals surface area contributed by atoms with E-state index in [1.165, 1.54) is 45.2 Å². The van der Waals surface area contributed by atoms with Crippen molar-refractivity contribution >= 4 is 5.82 Å². The Morgan fingerprint density at radius 2 is 1.90 bits per heavy atom. The van der Waals surface area contributed by atoms with Crippen molar-refractivity contribution in [2.24, 2.45) is 0 Å². The highest BCUT2D eigenvalue weighted by atomic mass is 16.5. The van der Waals surface area contributed by atoms with E-state index in [-0.39, 0.29) is 0 Å². The lowest BCUT2D eigenvalue weighted by Crippen LogP contribution is -2.47. The second kappa shape index (κ2) is 9.55. The largest absolute Gasteiger partial charge is 0.474 e. The van der Waals surface area contributed by atoms with Crippen LogP contribution in [0.5, 0.6) is 5.75 Å². The zero-order chi connectivity index (χ0) is 20.1. The number of ether oxygens (including phenoxy) is 1. The molecule has 2 aliphatic rings. The van der Waals surface area contributed by atoms with Gasteiger partial charge < -0.3 is 15.4 Å². The van der Waals surface area contributed by atoms with Gasteiger partial charge in [0, 0.05) is 36.6 Å². The van der Waals surface area contributed by atoms with Crippen LogP contribution >= 0.6 is 0 Å². The van der Waals surface area contributed by atoms with Crippen LogP contribution in [0.25, 0.3) is 11.3 Å². The molecule has 0 atom stereocenters. The van der Waals surface area contributed by atoms with Gasteiger partial charge in [-0.2, -0.15) is 0 Å². The summed E-state index contributed by atoms with van der Waals surface area (Å²) in [5.41, 5.74) is 8.99. The molecule has 2 fully saturated rings. The minimum absolute atomic E-state index is 0.434. The Bertz CT molecular complexity index is 798. The van der Waals surface area contributed by atoms with Crippen molar-refractivity contribution in [1.82, 2.24) is 19.8 Å². The molecule has 0 bridgehead atoms. The first kappa shape index (κ1) is 20.1. The molecule has 0 aliphatic carbocycles. The van der Waals surface area contributed by atoms with Crippen LogP contribution in [0.1, 0.15) is 44.7 Å². The molecule has 6 heteroatoms.